The first-order chi connectivity index (χ1) is 18.1. The lowest BCUT2D eigenvalue weighted by atomic mass is 9.75. The Morgan fingerprint density at radius 1 is 1.00 bits per heavy atom. The van der Waals surface area contributed by atoms with Crippen molar-refractivity contribution < 1.29 is 28.5 Å². The molecule has 6 rings (SSSR count). The van der Waals surface area contributed by atoms with Crippen molar-refractivity contribution in [2.75, 3.05) is 33.9 Å². The first-order valence-corrected chi connectivity index (χ1v) is 12.4. The molecule has 2 amide bonds. The van der Waals surface area contributed by atoms with Crippen LogP contribution in [0, 0.1) is 0 Å². The van der Waals surface area contributed by atoms with Crippen LogP contribution >= 0.6 is 0 Å². The molecule has 0 aromatic heterocycles. The van der Waals surface area contributed by atoms with Gasteiger partial charge in [0.05, 0.1) is 32.7 Å². The van der Waals surface area contributed by atoms with Gasteiger partial charge >= 0.3 is 0 Å². The third-order valence-corrected chi connectivity index (χ3v) is 7.38. The molecule has 0 spiro atoms. The van der Waals surface area contributed by atoms with E-state index in [4.69, 9.17) is 18.9 Å². The van der Waals surface area contributed by atoms with Gasteiger partial charge in [-0.25, -0.2) is 0 Å². The summed E-state index contributed by atoms with van der Waals surface area (Å²) in [7, 11) is 3.08. The predicted molar refractivity (Wildman–Crippen MR) is 136 cm³/mol. The zero-order chi connectivity index (χ0) is 25.5. The molecule has 3 aliphatic heterocycles. The van der Waals surface area contributed by atoms with E-state index < -0.39 is 12.0 Å². The van der Waals surface area contributed by atoms with Gasteiger partial charge < -0.3 is 29.2 Å². The summed E-state index contributed by atoms with van der Waals surface area (Å²) in [6.45, 7) is 1.14. The van der Waals surface area contributed by atoms with Crippen LogP contribution in [-0.2, 0) is 11.2 Å². The zero-order valence-electron chi connectivity index (χ0n) is 20.7. The molecule has 0 saturated heterocycles. The number of methoxy groups -OCH3 is 2. The fourth-order valence-electron chi connectivity index (χ4n) is 5.62. The summed E-state index contributed by atoms with van der Waals surface area (Å²) in [6, 6.07) is 18.5. The number of carbonyl (C=O) groups excluding carboxylic acids is 2. The minimum absolute atomic E-state index is 0.111. The predicted octanol–water partition coefficient (Wildman–Crippen LogP) is 3.50. The number of nitrogens with zero attached hydrogens (tertiary/aromatic N) is 1. The monoisotopic (exact) mass is 500 g/mol. The average Bonchev–Trinajstić information content (AvgIpc) is 2.95. The molecule has 37 heavy (non-hydrogen) atoms. The van der Waals surface area contributed by atoms with E-state index in [0.717, 1.165) is 17.5 Å². The zero-order valence-corrected chi connectivity index (χ0v) is 20.7. The molecule has 3 atom stereocenters. The Balaban J connectivity index is 1.36. The Morgan fingerprint density at radius 3 is 2.54 bits per heavy atom. The number of hydrogen-bond acceptors (Lipinski definition) is 6. The van der Waals surface area contributed by atoms with Crippen molar-refractivity contribution in [3.8, 4) is 23.0 Å². The van der Waals surface area contributed by atoms with Gasteiger partial charge in [-0.3, -0.25) is 9.59 Å². The maximum atomic E-state index is 14.0. The number of nitrogens with one attached hydrogen (secondary N) is 1. The molecule has 190 valence electrons. The van der Waals surface area contributed by atoms with Gasteiger partial charge in [-0.15, -0.1) is 0 Å². The number of hydrogen-bond donors (Lipinski definition) is 1. The number of para-hydroxylation sites is 2. The third-order valence-electron chi connectivity index (χ3n) is 7.38. The number of fused-ring (bicyclic) bond motifs is 5. The summed E-state index contributed by atoms with van der Waals surface area (Å²) in [6.07, 6.45) is 0.408. The van der Waals surface area contributed by atoms with E-state index in [2.05, 4.69) is 11.4 Å². The van der Waals surface area contributed by atoms with Gasteiger partial charge in [0.2, 0.25) is 5.91 Å². The van der Waals surface area contributed by atoms with Crippen LogP contribution in [-0.4, -0.2) is 56.7 Å². The summed E-state index contributed by atoms with van der Waals surface area (Å²) in [5, 5.41) is 3.08. The second-order valence-corrected chi connectivity index (χ2v) is 9.41. The van der Waals surface area contributed by atoms with E-state index >= 15 is 0 Å². The topological polar surface area (TPSA) is 86.3 Å². The van der Waals surface area contributed by atoms with Gasteiger partial charge in [0, 0.05) is 12.1 Å². The van der Waals surface area contributed by atoms with Crippen LogP contribution in [0.4, 0.5) is 0 Å². The van der Waals surface area contributed by atoms with E-state index in [0.29, 0.717) is 47.3 Å². The summed E-state index contributed by atoms with van der Waals surface area (Å²) >= 11 is 0. The Hall–Kier alpha value is -4.20. The van der Waals surface area contributed by atoms with Crippen LogP contribution in [0.3, 0.4) is 0 Å². The number of benzene rings is 3. The van der Waals surface area contributed by atoms with Crippen LogP contribution in [0.5, 0.6) is 23.0 Å². The van der Waals surface area contributed by atoms with Crippen molar-refractivity contribution in [2.24, 2.45) is 0 Å². The minimum atomic E-state index is -0.634. The molecule has 3 aromatic rings. The molecule has 3 heterocycles. The highest BCUT2D eigenvalue weighted by molar-refractivity contribution is 6.02. The number of rotatable bonds is 5. The smallest absolute Gasteiger partial charge is 0.254 e. The molecule has 3 unspecified atom stereocenters. The van der Waals surface area contributed by atoms with Crippen molar-refractivity contribution >= 4 is 11.8 Å². The molecule has 0 radical (unpaired) electrons. The van der Waals surface area contributed by atoms with E-state index in [1.165, 1.54) is 7.11 Å². The van der Waals surface area contributed by atoms with E-state index in [1.54, 1.807) is 19.2 Å². The second-order valence-electron chi connectivity index (χ2n) is 9.41. The van der Waals surface area contributed by atoms with Gasteiger partial charge in [-0.05, 0) is 47.4 Å². The largest absolute Gasteiger partial charge is 0.493 e. The van der Waals surface area contributed by atoms with Crippen LogP contribution in [0.15, 0.2) is 60.7 Å². The lowest BCUT2D eigenvalue weighted by molar-refractivity contribution is -0.124. The first kappa shape index (κ1) is 23.2. The Morgan fingerprint density at radius 2 is 1.73 bits per heavy atom. The van der Waals surface area contributed by atoms with Crippen LogP contribution in [0.25, 0.3) is 0 Å². The van der Waals surface area contributed by atoms with Crippen LogP contribution in [0.1, 0.15) is 39.0 Å². The molecule has 3 aliphatic rings. The van der Waals surface area contributed by atoms with Gasteiger partial charge in [0.1, 0.15) is 12.7 Å². The SMILES string of the molecule is COc1cc2c(cc1OC)C(C(=O)NCC1COc3ccccc3O1)C1c3ccccc3CCN1C2=O. The number of ether oxygens (including phenoxy) is 4. The standard InChI is InChI=1S/C29H28N2O6/c1-34-24-13-20-21(14-25(24)35-2)29(33)31-12-11-17-7-3-4-8-19(17)27(31)26(20)28(32)30-15-18-16-36-22-9-5-6-10-23(22)37-18/h3-10,13-14,18,26-27H,11-12,15-16H2,1-2H3,(H,30,32). The molecule has 0 aliphatic carbocycles. The van der Waals surface area contributed by atoms with Crippen LogP contribution < -0.4 is 24.3 Å². The summed E-state index contributed by atoms with van der Waals surface area (Å²) in [5.41, 5.74) is 3.23. The highest BCUT2D eigenvalue weighted by Gasteiger charge is 2.47. The fourth-order valence-corrected chi connectivity index (χ4v) is 5.62. The summed E-state index contributed by atoms with van der Waals surface area (Å²) in [4.78, 5) is 29.5. The van der Waals surface area contributed by atoms with Gasteiger partial charge in [0.25, 0.3) is 5.91 Å². The van der Waals surface area contributed by atoms with Crippen molar-refractivity contribution in [3.63, 3.8) is 0 Å². The fraction of sp³-hybridized carbons (Fsp3) is 0.310. The normalized spacial score (nSPS) is 21.3. The summed E-state index contributed by atoms with van der Waals surface area (Å²) < 4.78 is 22.9. The van der Waals surface area contributed by atoms with Gasteiger partial charge in [0.15, 0.2) is 23.0 Å². The van der Waals surface area contributed by atoms with Crippen molar-refractivity contribution in [3.05, 3.63) is 82.9 Å². The minimum Gasteiger partial charge on any atom is -0.493 e. The number of amides is 2. The lowest BCUT2D eigenvalue weighted by Crippen LogP contribution is -2.51. The van der Waals surface area contributed by atoms with Gasteiger partial charge in [-0.1, -0.05) is 36.4 Å². The highest BCUT2D eigenvalue weighted by Crippen LogP contribution is 2.48. The quantitative estimate of drug-likeness (QED) is 0.577. The number of carbonyl (C=O) groups is 2. The highest BCUT2D eigenvalue weighted by atomic mass is 16.6. The second kappa shape index (κ2) is 9.35. The Labute approximate surface area is 215 Å². The average molecular weight is 501 g/mol. The van der Waals surface area contributed by atoms with E-state index in [-0.39, 0.29) is 24.5 Å². The molecular weight excluding hydrogens is 472 g/mol. The van der Waals surface area contributed by atoms with Crippen molar-refractivity contribution in [2.45, 2.75) is 24.5 Å². The molecule has 0 fully saturated rings. The molecule has 1 N–H and O–H groups in total. The van der Waals surface area contributed by atoms with Crippen molar-refractivity contribution in [1.82, 2.24) is 10.2 Å². The third kappa shape index (κ3) is 3.93. The lowest BCUT2D eigenvalue weighted by Gasteiger charge is -2.45. The van der Waals surface area contributed by atoms with Gasteiger partial charge in [-0.2, -0.15) is 0 Å². The molecular formula is C29H28N2O6. The van der Waals surface area contributed by atoms with Crippen molar-refractivity contribution in [1.29, 1.82) is 0 Å². The summed E-state index contributed by atoms with van der Waals surface area (Å²) in [5.74, 6) is 1.35. The van der Waals surface area contributed by atoms with Crippen LogP contribution in [0.2, 0.25) is 0 Å². The Bertz CT molecular complexity index is 1370. The molecule has 8 nitrogen and oxygen atoms in total. The molecule has 8 heteroatoms. The molecule has 0 bridgehead atoms. The molecule has 0 saturated carbocycles. The maximum Gasteiger partial charge on any atom is 0.254 e. The molecule has 3 aromatic carbocycles. The van der Waals surface area contributed by atoms with E-state index in [1.807, 2.05) is 47.4 Å². The first-order valence-electron chi connectivity index (χ1n) is 12.4. The Kier molecular flexibility index (Phi) is 5.87. The maximum absolute atomic E-state index is 14.0. The van der Waals surface area contributed by atoms with E-state index in [9.17, 15) is 9.59 Å².